The molecule has 5 rings (SSSR count). The van der Waals surface area contributed by atoms with Gasteiger partial charge >= 0.3 is 36.9 Å². The van der Waals surface area contributed by atoms with E-state index in [1.165, 1.54) is 20.3 Å². The molecule has 1 aromatic carbocycles. The lowest BCUT2D eigenvalue weighted by Crippen LogP contribution is -2.59. The average molecular weight is 785 g/mol. The summed E-state index contributed by atoms with van der Waals surface area (Å²) in [7, 11) is 0. The summed E-state index contributed by atoms with van der Waals surface area (Å²) in [5.74, 6) is -0.356. The highest BCUT2D eigenvalue weighted by Gasteiger charge is 2.74. The molecule has 0 amide bonds. The molecule has 4 fully saturated rings. The van der Waals surface area contributed by atoms with Crippen LogP contribution < -0.4 is 0 Å². The third-order valence-corrected chi connectivity index (χ3v) is 11.5. The van der Waals surface area contributed by atoms with Crippen LogP contribution >= 0.6 is 0 Å². The van der Waals surface area contributed by atoms with E-state index in [-0.39, 0.29) is 36.8 Å². The average Bonchev–Trinajstić information content (AvgIpc) is 2.98. The van der Waals surface area contributed by atoms with Gasteiger partial charge in [0.05, 0.1) is 0 Å². The first-order valence-electron chi connectivity index (χ1n) is 16.3. The van der Waals surface area contributed by atoms with E-state index in [2.05, 4.69) is 0 Å². The van der Waals surface area contributed by atoms with Crippen molar-refractivity contribution in [3.8, 4) is 0 Å². The molecule has 0 spiro atoms. The van der Waals surface area contributed by atoms with Crippen molar-refractivity contribution in [1.29, 1.82) is 0 Å². The van der Waals surface area contributed by atoms with Crippen LogP contribution in [0.4, 0.5) is 65.9 Å². The summed E-state index contributed by atoms with van der Waals surface area (Å²) in [6, 6.07) is -0.786. The fraction of sp³-hybridized carbons (Fsp3) is 0.788. The zero-order valence-corrected chi connectivity index (χ0v) is 28.4. The predicted octanol–water partition coefficient (Wildman–Crippen LogP) is 10.5. The van der Waals surface area contributed by atoms with Gasteiger partial charge in [0.2, 0.25) is 0 Å². The second-order valence-electron chi connectivity index (χ2n) is 14.6. The molecular formula is C33H39F15O4. The van der Waals surface area contributed by atoms with Crippen molar-refractivity contribution in [1.82, 2.24) is 0 Å². The topological polar surface area (TPSA) is 66.8 Å². The van der Waals surface area contributed by atoms with Gasteiger partial charge in [0.15, 0.2) is 5.41 Å². The Morgan fingerprint density at radius 2 is 1.04 bits per heavy atom. The van der Waals surface area contributed by atoms with Crippen LogP contribution in [-0.4, -0.2) is 52.7 Å². The van der Waals surface area contributed by atoms with Gasteiger partial charge in [-0.15, -0.1) is 0 Å². The molecule has 0 saturated heterocycles. The Morgan fingerprint density at radius 1 is 0.692 bits per heavy atom. The van der Waals surface area contributed by atoms with Crippen molar-refractivity contribution in [3.63, 3.8) is 0 Å². The Labute approximate surface area is 289 Å². The van der Waals surface area contributed by atoms with Gasteiger partial charge in [0.25, 0.3) is 11.2 Å². The number of rotatable bonds is 7. The minimum absolute atomic E-state index is 0.00577. The first-order valence-corrected chi connectivity index (χ1v) is 16.3. The van der Waals surface area contributed by atoms with E-state index < -0.39 is 87.7 Å². The van der Waals surface area contributed by atoms with E-state index in [1.807, 2.05) is 6.92 Å². The van der Waals surface area contributed by atoms with Gasteiger partial charge in [-0.1, -0.05) is 32.9 Å². The Morgan fingerprint density at radius 3 is 1.31 bits per heavy atom. The van der Waals surface area contributed by atoms with Gasteiger partial charge in [-0.25, -0.2) is 0 Å². The molecule has 2 N–H and O–H groups in total. The smallest absolute Gasteiger partial charge is 0.430 e. The van der Waals surface area contributed by atoms with Gasteiger partial charge in [-0.2, -0.15) is 65.9 Å². The monoisotopic (exact) mass is 784 g/mol. The van der Waals surface area contributed by atoms with Gasteiger partial charge in [0, 0.05) is 11.1 Å². The van der Waals surface area contributed by atoms with Crippen molar-refractivity contribution < 1.29 is 85.6 Å². The highest BCUT2D eigenvalue weighted by molar-refractivity contribution is 5.78. The maximum absolute atomic E-state index is 13.3. The molecule has 1 aromatic rings. The standard InChI is InChI=1S/C17H25F3O2.C16H14F12O2/c1-4-15(2,17(18,19)20)14(21)22-16(3)12-6-10-5-11(8-12)9-13(16)7-10;1-3-7(2)8-4-9(11(29,13(17,18)19)14(20,21)22)6-10(5-8)12(30,15(23,24)25)16(26,27)28/h10-13H,4-9H2,1-3H3;4-7,29-30H,3H2,1-2H3. The fourth-order valence-corrected chi connectivity index (χ4v) is 7.63. The zero-order valence-electron chi connectivity index (χ0n) is 28.4. The number of ether oxygens (including phenoxy) is 1. The van der Waals surface area contributed by atoms with Crippen LogP contribution in [0.25, 0.3) is 0 Å². The highest BCUT2D eigenvalue weighted by Crippen LogP contribution is 2.60. The summed E-state index contributed by atoms with van der Waals surface area (Å²) < 4.78 is 203. The molecule has 0 radical (unpaired) electrons. The quantitative estimate of drug-likeness (QED) is 0.214. The highest BCUT2D eigenvalue weighted by atomic mass is 19.4. The molecule has 0 aromatic heterocycles. The van der Waals surface area contributed by atoms with Crippen LogP contribution in [0.1, 0.15) is 102 Å². The summed E-state index contributed by atoms with van der Waals surface area (Å²) in [4.78, 5) is 12.4. The van der Waals surface area contributed by atoms with Crippen molar-refractivity contribution in [3.05, 3.63) is 34.9 Å². The zero-order chi connectivity index (χ0) is 40.5. The molecule has 4 bridgehead atoms. The summed E-state index contributed by atoms with van der Waals surface area (Å²) in [5.41, 5.74) is -20.2. The lowest BCUT2D eigenvalue weighted by molar-refractivity contribution is -0.378. The van der Waals surface area contributed by atoms with Crippen LogP contribution in [0.3, 0.4) is 0 Å². The molecule has 4 saturated carbocycles. The van der Waals surface area contributed by atoms with E-state index in [0.717, 1.165) is 39.5 Å². The molecule has 19 heteroatoms. The molecule has 4 aliphatic carbocycles. The van der Waals surface area contributed by atoms with Crippen molar-refractivity contribution >= 4 is 5.97 Å². The Bertz CT molecular complexity index is 1330. The number of benzene rings is 1. The van der Waals surface area contributed by atoms with E-state index in [1.54, 1.807) is 0 Å². The van der Waals surface area contributed by atoms with E-state index in [0.29, 0.717) is 11.8 Å². The van der Waals surface area contributed by atoms with Crippen molar-refractivity contribution in [2.24, 2.45) is 29.1 Å². The number of halogens is 15. The fourth-order valence-electron chi connectivity index (χ4n) is 7.63. The first-order chi connectivity index (χ1) is 23.2. The third kappa shape index (κ3) is 7.33. The van der Waals surface area contributed by atoms with E-state index in [4.69, 9.17) is 4.74 Å². The van der Waals surface area contributed by atoms with Crippen LogP contribution in [0.15, 0.2) is 18.2 Å². The molecule has 300 valence electrons. The van der Waals surface area contributed by atoms with Gasteiger partial charge in [-0.05, 0) is 100 Å². The number of hydrogen-bond acceptors (Lipinski definition) is 4. The van der Waals surface area contributed by atoms with Crippen LogP contribution in [0.2, 0.25) is 0 Å². The molecule has 52 heavy (non-hydrogen) atoms. The summed E-state index contributed by atoms with van der Waals surface area (Å²) in [5, 5.41) is 18.9. The second kappa shape index (κ2) is 13.7. The van der Waals surface area contributed by atoms with Crippen LogP contribution in [0, 0.1) is 29.1 Å². The molecule has 2 atom stereocenters. The number of hydrogen-bond donors (Lipinski definition) is 2. The summed E-state index contributed by atoms with van der Waals surface area (Å²) in [6.07, 6.45) is -25.9. The van der Waals surface area contributed by atoms with Gasteiger partial charge in [0.1, 0.15) is 5.60 Å². The second-order valence-corrected chi connectivity index (χ2v) is 14.6. The number of aliphatic hydroxyl groups is 2. The minimum atomic E-state index is -6.56. The lowest BCUT2D eigenvalue weighted by atomic mass is 9.50. The predicted molar refractivity (Wildman–Crippen MR) is 153 cm³/mol. The van der Waals surface area contributed by atoms with Gasteiger partial charge < -0.3 is 14.9 Å². The molecule has 4 aliphatic rings. The van der Waals surface area contributed by atoms with E-state index >= 15 is 0 Å². The largest absolute Gasteiger partial charge is 0.458 e. The SMILES string of the molecule is CCC(C)(C(=O)OC1(C)C2CC3CC(C2)CC1C3)C(F)(F)F.CCC(C)c1cc(C(O)(C(F)(F)F)C(F)(F)F)cc(C(O)(C(F)(F)F)C(F)(F)F)c1. The van der Waals surface area contributed by atoms with Crippen LogP contribution in [0.5, 0.6) is 0 Å². The van der Waals surface area contributed by atoms with Crippen molar-refractivity contribution in [2.45, 2.75) is 133 Å². The summed E-state index contributed by atoms with van der Waals surface area (Å²) in [6.45, 7) is 6.65. The molecule has 4 nitrogen and oxygen atoms in total. The normalized spacial score (nSPS) is 27.4. The first kappa shape index (κ1) is 44.0. The molecule has 0 heterocycles. The maximum atomic E-state index is 13.3. The summed E-state index contributed by atoms with van der Waals surface area (Å²) >= 11 is 0. The third-order valence-electron chi connectivity index (χ3n) is 11.5. The Kier molecular flexibility index (Phi) is 11.6. The van der Waals surface area contributed by atoms with E-state index in [9.17, 15) is 80.9 Å². The number of carbonyl (C=O) groups excluding carboxylic acids is 1. The maximum Gasteiger partial charge on any atom is 0.430 e. The van der Waals surface area contributed by atoms with Crippen LogP contribution in [-0.2, 0) is 20.7 Å². The number of esters is 1. The number of carbonyl (C=O) groups is 1. The van der Waals surface area contributed by atoms with Gasteiger partial charge in [-0.3, -0.25) is 4.79 Å². The Hall–Kier alpha value is -2.44. The number of alkyl halides is 15. The lowest BCUT2D eigenvalue weighted by Gasteiger charge is -2.59. The molecule has 0 aliphatic heterocycles. The minimum Gasteiger partial charge on any atom is -0.458 e. The molecule has 2 unspecified atom stereocenters. The molecular weight excluding hydrogens is 745 g/mol. The Balaban J connectivity index is 0.000000292. The van der Waals surface area contributed by atoms with Crippen molar-refractivity contribution in [2.75, 3.05) is 0 Å².